The van der Waals surface area contributed by atoms with Crippen LogP contribution in [0.4, 0.5) is 5.69 Å². The van der Waals surface area contributed by atoms with Crippen molar-refractivity contribution >= 4 is 17.5 Å². The third kappa shape index (κ3) is 3.57. The molecule has 0 spiro atoms. The normalized spacial score (nSPS) is 16.0. The van der Waals surface area contributed by atoms with Gasteiger partial charge in [0.05, 0.1) is 0 Å². The van der Waals surface area contributed by atoms with Crippen LogP contribution in [0.2, 0.25) is 0 Å². The predicted octanol–water partition coefficient (Wildman–Crippen LogP) is 1.42. The average molecular weight is 275 g/mol. The van der Waals surface area contributed by atoms with E-state index in [9.17, 15) is 9.59 Å². The third-order valence-electron chi connectivity index (χ3n) is 3.50. The Kier molecular flexibility index (Phi) is 4.74. The van der Waals surface area contributed by atoms with Crippen LogP contribution < -0.4 is 5.32 Å². The van der Waals surface area contributed by atoms with Crippen LogP contribution in [0.3, 0.4) is 0 Å². The van der Waals surface area contributed by atoms with Crippen LogP contribution in [0.5, 0.6) is 0 Å². The number of hydrogen-bond acceptors (Lipinski definition) is 3. The SMILES string of the molecule is CCC(=O)Nc1cccc(C(=O)N2CCN(C)CC2)c1. The van der Waals surface area contributed by atoms with Gasteiger partial charge in [0.15, 0.2) is 0 Å². The number of anilines is 1. The molecule has 0 bridgehead atoms. The molecule has 1 saturated heterocycles. The second-order valence-electron chi connectivity index (χ2n) is 5.08. The van der Waals surface area contributed by atoms with Gasteiger partial charge < -0.3 is 15.1 Å². The summed E-state index contributed by atoms with van der Waals surface area (Å²) in [5, 5.41) is 2.78. The summed E-state index contributed by atoms with van der Waals surface area (Å²) in [4.78, 5) is 27.9. The molecule has 0 aliphatic carbocycles. The van der Waals surface area contributed by atoms with Crippen LogP contribution in [0.25, 0.3) is 0 Å². The molecule has 0 saturated carbocycles. The van der Waals surface area contributed by atoms with Crippen molar-refractivity contribution in [3.63, 3.8) is 0 Å². The molecule has 20 heavy (non-hydrogen) atoms. The molecule has 1 N–H and O–H groups in total. The molecule has 1 aromatic rings. The zero-order chi connectivity index (χ0) is 14.5. The Morgan fingerprint density at radius 1 is 1.20 bits per heavy atom. The van der Waals surface area contributed by atoms with Gasteiger partial charge in [0.2, 0.25) is 5.91 Å². The number of piperazine rings is 1. The molecule has 0 radical (unpaired) electrons. The predicted molar refractivity (Wildman–Crippen MR) is 78.8 cm³/mol. The smallest absolute Gasteiger partial charge is 0.254 e. The van der Waals surface area contributed by atoms with E-state index in [1.165, 1.54) is 0 Å². The van der Waals surface area contributed by atoms with Crippen LogP contribution in [-0.4, -0.2) is 54.8 Å². The van der Waals surface area contributed by atoms with E-state index in [1.807, 2.05) is 4.90 Å². The van der Waals surface area contributed by atoms with E-state index in [-0.39, 0.29) is 11.8 Å². The van der Waals surface area contributed by atoms with E-state index < -0.39 is 0 Å². The molecule has 0 atom stereocenters. The lowest BCUT2D eigenvalue weighted by Crippen LogP contribution is -2.47. The average Bonchev–Trinajstić information content (AvgIpc) is 2.47. The van der Waals surface area contributed by atoms with Crippen molar-refractivity contribution in [3.8, 4) is 0 Å². The monoisotopic (exact) mass is 275 g/mol. The summed E-state index contributed by atoms with van der Waals surface area (Å²) in [6.07, 6.45) is 0.427. The summed E-state index contributed by atoms with van der Waals surface area (Å²) in [6.45, 7) is 5.10. The van der Waals surface area contributed by atoms with E-state index in [2.05, 4.69) is 17.3 Å². The van der Waals surface area contributed by atoms with E-state index in [1.54, 1.807) is 31.2 Å². The molecule has 0 unspecified atom stereocenters. The second-order valence-corrected chi connectivity index (χ2v) is 5.08. The highest BCUT2D eigenvalue weighted by Crippen LogP contribution is 2.14. The number of carbonyl (C=O) groups excluding carboxylic acids is 2. The fourth-order valence-corrected chi connectivity index (χ4v) is 2.17. The fourth-order valence-electron chi connectivity index (χ4n) is 2.17. The minimum Gasteiger partial charge on any atom is -0.336 e. The van der Waals surface area contributed by atoms with Crippen molar-refractivity contribution in [2.75, 3.05) is 38.5 Å². The zero-order valence-electron chi connectivity index (χ0n) is 12.1. The topological polar surface area (TPSA) is 52.7 Å². The Bertz CT molecular complexity index is 494. The van der Waals surface area contributed by atoms with Crippen molar-refractivity contribution in [2.24, 2.45) is 0 Å². The van der Waals surface area contributed by atoms with Crippen LogP contribution in [0.15, 0.2) is 24.3 Å². The van der Waals surface area contributed by atoms with Crippen molar-refractivity contribution < 1.29 is 9.59 Å². The molecule has 0 aromatic heterocycles. The van der Waals surface area contributed by atoms with Gasteiger partial charge in [-0.3, -0.25) is 9.59 Å². The summed E-state index contributed by atoms with van der Waals surface area (Å²) in [5.41, 5.74) is 1.31. The largest absolute Gasteiger partial charge is 0.336 e. The number of likely N-dealkylation sites (N-methyl/N-ethyl adjacent to an activating group) is 1. The van der Waals surface area contributed by atoms with Gasteiger partial charge in [-0.25, -0.2) is 0 Å². The first kappa shape index (κ1) is 14.5. The fraction of sp³-hybridized carbons (Fsp3) is 0.467. The Labute approximate surface area is 119 Å². The van der Waals surface area contributed by atoms with E-state index in [0.29, 0.717) is 17.7 Å². The number of amides is 2. The molecule has 5 nitrogen and oxygen atoms in total. The van der Waals surface area contributed by atoms with Gasteiger partial charge >= 0.3 is 0 Å². The van der Waals surface area contributed by atoms with E-state index in [4.69, 9.17) is 0 Å². The second kappa shape index (κ2) is 6.52. The van der Waals surface area contributed by atoms with Crippen LogP contribution in [0, 0.1) is 0 Å². The van der Waals surface area contributed by atoms with Gasteiger partial charge in [0, 0.05) is 43.9 Å². The minimum atomic E-state index is -0.0470. The molecule has 1 aliphatic rings. The molecular formula is C15H21N3O2. The summed E-state index contributed by atoms with van der Waals surface area (Å²) >= 11 is 0. The standard InChI is InChI=1S/C15H21N3O2/c1-3-14(19)16-13-6-4-5-12(11-13)15(20)18-9-7-17(2)8-10-18/h4-6,11H,3,7-10H2,1-2H3,(H,16,19). The number of nitrogens with zero attached hydrogens (tertiary/aromatic N) is 2. The molecule has 108 valence electrons. The first-order valence-electron chi connectivity index (χ1n) is 6.98. The number of nitrogens with one attached hydrogen (secondary N) is 1. The van der Waals surface area contributed by atoms with Gasteiger partial charge in [-0.1, -0.05) is 13.0 Å². The summed E-state index contributed by atoms with van der Waals surface area (Å²) in [5.74, 6) is -0.0140. The maximum absolute atomic E-state index is 12.4. The summed E-state index contributed by atoms with van der Waals surface area (Å²) in [7, 11) is 2.06. The Morgan fingerprint density at radius 2 is 1.90 bits per heavy atom. The molecule has 1 aliphatic heterocycles. The van der Waals surface area contributed by atoms with Gasteiger partial charge in [0.1, 0.15) is 0 Å². The summed E-state index contributed by atoms with van der Waals surface area (Å²) < 4.78 is 0. The molecule has 5 heteroatoms. The quantitative estimate of drug-likeness (QED) is 0.907. The van der Waals surface area contributed by atoms with Gasteiger partial charge in [-0.15, -0.1) is 0 Å². The molecule has 1 aromatic carbocycles. The van der Waals surface area contributed by atoms with Crippen LogP contribution in [-0.2, 0) is 4.79 Å². The van der Waals surface area contributed by atoms with Crippen LogP contribution >= 0.6 is 0 Å². The lowest BCUT2D eigenvalue weighted by atomic mass is 10.1. The highest BCUT2D eigenvalue weighted by molar-refractivity contribution is 5.97. The minimum absolute atomic E-state index is 0.0331. The lowest BCUT2D eigenvalue weighted by molar-refractivity contribution is -0.115. The molecular weight excluding hydrogens is 254 g/mol. The van der Waals surface area contributed by atoms with Crippen molar-refractivity contribution in [1.82, 2.24) is 9.80 Å². The van der Waals surface area contributed by atoms with Gasteiger partial charge in [0.25, 0.3) is 5.91 Å². The number of rotatable bonds is 3. The highest BCUT2D eigenvalue weighted by Gasteiger charge is 2.20. The first-order chi connectivity index (χ1) is 9.60. The number of benzene rings is 1. The molecule has 2 amide bonds. The lowest BCUT2D eigenvalue weighted by Gasteiger charge is -2.32. The third-order valence-corrected chi connectivity index (χ3v) is 3.50. The first-order valence-corrected chi connectivity index (χ1v) is 6.98. The summed E-state index contributed by atoms with van der Waals surface area (Å²) in [6, 6.07) is 7.14. The van der Waals surface area contributed by atoms with E-state index >= 15 is 0 Å². The van der Waals surface area contributed by atoms with Crippen molar-refractivity contribution in [2.45, 2.75) is 13.3 Å². The van der Waals surface area contributed by atoms with Crippen molar-refractivity contribution in [3.05, 3.63) is 29.8 Å². The maximum atomic E-state index is 12.4. The Morgan fingerprint density at radius 3 is 2.55 bits per heavy atom. The Balaban J connectivity index is 2.06. The number of hydrogen-bond donors (Lipinski definition) is 1. The highest BCUT2D eigenvalue weighted by atomic mass is 16.2. The van der Waals surface area contributed by atoms with Crippen molar-refractivity contribution in [1.29, 1.82) is 0 Å². The molecule has 1 fully saturated rings. The molecule has 1 heterocycles. The zero-order valence-corrected chi connectivity index (χ0v) is 12.1. The molecule has 2 rings (SSSR count). The van der Waals surface area contributed by atoms with Gasteiger partial charge in [-0.05, 0) is 25.2 Å². The Hall–Kier alpha value is -1.88. The van der Waals surface area contributed by atoms with Crippen LogP contribution in [0.1, 0.15) is 23.7 Å². The van der Waals surface area contributed by atoms with Gasteiger partial charge in [-0.2, -0.15) is 0 Å². The maximum Gasteiger partial charge on any atom is 0.254 e. The van der Waals surface area contributed by atoms with E-state index in [0.717, 1.165) is 26.2 Å². The number of carbonyl (C=O) groups is 2.